The Morgan fingerprint density at radius 1 is 1.10 bits per heavy atom. The minimum absolute atomic E-state index is 0.104. The van der Waals surface area contributed by atoms with Crippen LogP contribution in [0, 0.1) is 11.3 Å². The van der Waals surface area contributed by atoms with Crippen molar-refractivity contribution in [3.63, 3.8) is 0 Å². The molecule has 0 aliphatic carbocycles. The number of anilines is 2. The molecule has 0 atom stereocenters. The van der Waals surface area contributed by atoms with E-state index < -0.39 is 11.3 Å². The van der Waals surface area contributed by atoms with E-state index in [-0.39, 0.29) is 5.91 Å². The van der Waals surface area contributed by atoms with E-state index in [1.54, 1.807) is 6.07 Å². The monoisotopic (exact) mass is 423 g/mol. The van der Waals surface area contributed by atoms with Crippen molar-refractivity contribution in [2.45, 2.75) is 60.9 Å². The fourth-order valence-corrected chi connectivity index (χ4v) is 3.11. The Hall–Kier alpha value is -2.82. The second kappa shape index (κ2) is 10.5. The van der Waals surface area contributed by atoms with Gasteiger partial charge in [0.2, 0.25) is 5.91 Å². The van der Waals surface area contributed by atoms with Crippen molar-refractivity contribution < 1.29 is 9.59 Å². The van der Waals surface area contributed by atoms with Crippen LogP contribution in [0.2, 0.25) is 0 Å². The Morgan fingerprint density at radius 2 is 1.71 bits per heavy atom. The fraction of sp³-hybridized carbons (Fsp3) is 0.462. The van der Waals surface area contributed by atoms with E-state index >= 15 is 0 Å². The maximum Gasteiger partial charge on any atom is 0.250 e. The second-order valence-corrected chi connectivity index (χ2v) is 9.54. The first kappa shape index (κ1) is 24.4. The Bertz CT molecular complexity index is 913. The minimum atomic E-state index is -0.512. The van der Waals surface area contributed by atoms with Crippen LogP contribution in [0.25, 0.3) is 0 Å². The molecule has 3 rings (SSSR count). The van der Waals surface area contributed by atoms with Crippen molar-refractivity contribution in [2.75, 3.05) is 16.8 Å². The number of rotatable bonds is 4. The first-order valence-electron chi connectivity index (χ1n) is 11.1. The van der Waals surface area contributed by atoms with E-state index in [0.717, 1.165) is 31.1 Å². The maximum absolute atomic E-state index is 12.2. The number of amides is 2. The number of fused-ring (bicyclic) bond motifs is 1. The smallest absolute Gasteiger partial charge is 0.250 e. The van der Waals surface area contributed by atoms with Crippen molar-refractivity contribution in [3.8, 4) is 0 Å². The Morgan fingerprint density at radius 3 is 2.26 bits per heavy atom. The zero-order valence-corrected chi connectivity index (χ0v) is 19.8. The summed E-state index contributed by atoms with van der Waals surface area (Å²) in [4.78, 5) is 26.4. The molecule has 5 nitrogen and oxygen atoms in total. The van der Waals surface area contributed by atoms with Crippen LogP contribution >= 0.6 is 0 Å². The van der Waals surface area contributed by atoms with Crippen LogP contribution in [-0.2, 0) is 17.8 Å². The summed E-state index contributed by atoms with van der Waals surface area (Å²) in [6, 6.07) is 13.7. The van der Waals surface area contributed by atoms with Gasteiger partial charge in [-0.05, 0) is 41.7 Å². The van der Waals surface area contributed by atoms with Gasteiger partial charge in [-0.1, -0.05) is 72.2 Å². The summed E-state index contributed by atoms with van der Waals surface area (Å²) in [5, 5.41) is 2.86. The van der Waals surface area contributed by atoms with Gasteiger partial charge >= 0.3 is 0 Å². The number of nitrogens with zero attached hydrogens (tertiary/aromatic N) is 1. The number of carbonyl (C=O) groups excluding carboxylic acids is 2. The SMILES string of the molecule is CC(C)(C)C(=O)Nc1ccc(N2CCc3ccccc3C2)c(C(N)=O)c1.CCC(C)C. The van der Waals surface area contributed by atoms with Gasteiger partial charge in [0.15, 0.2) is 0 Å². The van der Waals surface area contributed by atoms with Crippen LogP contribution < -0.4 is 16.0 Å². The highest BCUT2D eigenvalue weighted by Crippen LogP contribution is 2.30. The van der Waals surface area contributed by atoms with Gasteiger partial charge in [0.05, 0.1) is 5.56 Å². The predicted molar refractivity (Wildman–Crippen MR) is 129 cm³/mol. The quantitative estimate of drug-likeness (QED) is 0.693. The van der Waals surface area contributed by atoms with E-state index in [1.807, 2.05) is 39.0 Å². The highest BCUT2D eigenvalue weighted by molar-refractivity contribution is 6.01. The van der Waals surface area contributed by atoms with Crippen molar-refractivity contribution >= 4 is 23.2 Å². The number of primary amides is 1. The number of nitrogens with one attached hydrogen (secondary N) is 1. The normalized spacial score (nSPS) is 13.2. The van der Waals surface area contributed by atoms with Crippen LogP contribution in [0.5, 0.6) is 0 Å². The molecule has 1 heterocycles. The van der Waals surface area contributed by atoms with Gasteiger partial charge in [0.25, 0.3) is 5.91 Å². The summed E-state index contributed by atoms with van der Waals surface area (Å²) < 4.78 is 0. The van der Waals surface area contributed by atoms with Crippen LogP contribution in [-0.4, -0.2) is 18.4 Å². The summed E-state index contributed by atoms with van der Waals surface area (Å²) in [7, 11) is 0. The molecular formula is C26H37N3O2. The Kier molecular flexibility index (Phi) is 8.26. The van der Waals surface area contributed by atoms with E-state index in [0.29, 0.717) is 11.3 Å². The topological polar surface area (TPSA) is 75.4 Å². The molecule has 2 aromatic carbocycles. The molecule has 0 aromatic heterocycles. The van der Waals surface area contributed by atoms with E-state index in [9.17, 15) is 9.59 Å². The lowest BCUT2D eigenvalue weighted by molar-refractivity contribution is -0.123. The van der Waals surface area contributed by atoms with Crippen molar-refractivity contribution in [1.29, 1.82) is 0 Å². The molecule has 31 heavy (non-hydrogen) atoms. The van der Waals surface area contributed by atoms with E-state index in [1.165, 1.54) is 17.5 Å². The van der Waals surface area contributed by atoms with E-state index in [2.05, 4.69) is 49.2 Å². The van der Waals surface area contributed by atoms with Gasteiger partial charge in [0.1, 0.15) is 0 Å². The molecule has 168 valence electrons. The third-order valence-corrected chi connectivity index (χ3v) is 5.49. The molecule has 3 N–H and O–H groups in total. The van der Waals surface area contributed by atoms with Gasteiger partial charge in [-0.2, -0.15) is 0 Å². The Labute approximate surface area is 187 Å². The lowest BCUT2D eigenvalue weighted by atomic mass is 9.95. The minimum Gasteiger partial charge on any atom is -0.366 e. The zero-order chi connectivity index (χ0) is 23.2. The molecule has 2 amide bonds. The lowest BCUT2D eigenvalue weighted by Crippen LogP contribution is -2.32. The highest BCUT2D eigenvalue weighted by atomic mass is 16.2. The highest BCUT2D eigenvalue weighted by Gasteiger charge is 2.23. The number of nitrogens with two attached hydrogens (primary N) is 1. The molecule has 0 unspecified atom stereocenters. The maximum atomic E-state index is 12.2. The Balaban J connectivity index is 0.000000614. The number of hydrogen-bond donors (Lipinski definition) is 2. The number of benzene rings is 2. The summed E-state index contributed by atoms with van der Waals surface area (Å²) in [6.07, 6.45) is 2.23. The molecule has 0 bridgehead atoms. The van der Waals surface area contributed by atoms with Gasteiger partial charge < -0.3 is 16.0 Å². The molecular weight excluding hydrogens is 386 g/mol. The van der Waals surface area contributed by atoms with Crippen molar-refractivity contribution in [3.05, 3.63) is 59.2 Å². The van der Waals surface area contributed by atoms with Crippen LogP contribution in [0.4, 0.5) is 11.4 Å². The third-order valence-electron chi connectivity index (χ3n) is 5.49. The summed E-state index contributed by atoms with van der Waals surface area (Å²) in [6.45, 7) is 13.7. The first-order valence-corrected chi connectivity index (χ1v) is 11.1. The van der Waals surface area contributed by atoms with Crippen molar-refractivity contribution in [2.24, 2.45) is 17.1 Å². The molecule has 1 aliphatic rings. The first-order chi connectivity index (χ1) is 14.5. The van der Waals surface area contributed by atoms with Crippen LogP contribution in [0.3, 0.4) is 0 Å². The van der Waals surface area contributed by atoms with E-state index in [4.69, 9.17) is 5.73 Å². The second-order valence-electron chi connectivity index (χ2n) is 9.54. The summed E-state index contributed by atoms with van der Waals surface area (Å²) in [5.41, 5.74) is 9.54. The average molecular weight is 424 g/mol. The standard InChI is InChI=1S/C21H25N3O2.C5H12/c1-21(2,3)20(26)23-16-8-9-18(17(12-16)19(22)25)24-11-10-14-6-4-5-7-15(14)13-24;1-4-5(2)3/h4-9,12H,10-11,13H2,1-3H3,(H2,22,25)(H,23,26);5H,4H2,1-3H3. The molecule has 0 spiro atoms. The zero-order valence-electron chi connectivity index (χ0n) is 19.8. The van der Waals surface area contributed by atoms with Crippen LogP contribution in [0.15, 0.2) is 42.5 Å². The lowest BCUT2D eigenvalue weighted by Gasteiger charge is -2.32. The predicted octanol–water partition coefficient (Wildman–Crippen LogP) is 5.39. The molecule has 0 saturated carbocycles. The molecule has 5 heteroatoms. The summed E-state index contributed by atoms with van der Waals surface area (Å²) >= 11 is 0. The number of hydrogen-bond acceptors (Lipinski definition) is 3. The number of carbonyl (C=O) groups is 2. The average Bonchev–Trinajstić information content (AvgIpc) is 2.73. The van der Waals surface area contributed by atoms with Gasteiger partial charge in [-0.3, -0.25) is 9.59 Å². The van der Waals surface area contributed by atoms with Gasteiger partial charge in [-0.15, -0.1) is 0 Å². The van der Waals surface area contributed by atoms with Crippen LogP contribution in [0.1, 0.15) is 69.4 Å². The molecule has 1 aliphatic heterocycles. The molecule has 0 saturated heterocycles. The van der Waals surface area contributed by atoms with Crippen molar-refractivity contribution in [1.82, 2.24) is 0 Å². The fourth-order valence-electron chi connectivity index (χ4n) is 3.11. The van der Waals surface area contributed by atoms with Gasteiger partial charge in [-0.25, -0.2) is 0 Å². The largest absolute Gasteiger partial charge is 0.366 e. The summed E-state index contributed by atoms with van der Waals surface area (Å²) in [5.74, 6) is 0.285. The molecule has 0 fully saturated rings. The van der Waals surface area contributed by atoms with Gasteiger partial charge in [0, 0.05) is 29.9 Å². The third kappa shape index (κ3) is 6.84. The molecule has 2 aromatic rings. The molecule has 0 radical (unpaired) electrons.